The predicted molar refractivity (Wildman–Crippen MR) is 71.7 cm³/mol. The summed E-state index contributed by atoms with van der Waals surface area (Å²) in [7, 11) is 1.51. The van der Waals surface area contributed by atoms with Gasteiger partial charge in [-0.3, -0.25) is 4.79 Å². The fraction of sp³-hybridized carbons (Fsp3) is 0.188. The smallest absolute Gasteiger partial charge is 0.170 e. The molecule has 1 aliphatic rings. The van der Waals surface area contributed by atoms with Crippen molar-refractivity contribution in [3.8, 4) is 11.5 Å². The number of hydrogen-bond donors (Lipinski definition) is 0. The van der Waals surface area contributed by atoms with E-state index < -0.39 is 17.7 Å². The molecular weight excluding hydrogens is 278 g/mol. The molecule has 1 aliphatic heterocycles. The third-order valence-corrected chi connectivity index (χ3v) is 3.44. The van der Waals surface area contributed by atoms with Crippen LogP contribution in [0.1, 0.15) is 28.4 Å². The molecule has 1 atom stereocenters. The number of carbonyl (C=O) groups excluding carboxylic acids is 1. The highest BCUT2D eigenvalue weighted by Crippen LogP contribution is 2.36. The van der Waals surface area contributed by atoms with Crippen LogP contribution in [0.5, 0.6) is 11.5 Å². The SMILES string of the molecule is COc1ccc2c(c1)C(=O)CC(c1ccc(F)c(F)c1)O2. The lowest BCUT2D eigenvalue weighted by molar-refractivity contribution is 0.0849. The van der Waals surface area contributed by atoms with E-state index in [-0.39, 0.29) is 12.2 Å². The first kappa shape index (κ1) is 13.5. The van der Waals surface area contributed by atoms with E-state index in [2.05, 4.69) is 0 Å². The van der Waals surface area contributed by atoms with Gasteiger partial charge in [-0.05, 0) is 35.9 Å². The van der Waals surface area contributed by atoms with Gasteiger partial charge in [-0.2, -0.15) is 0 Å². The number of hydrogen-bond acceptors (Lipinski definition) is 3. The molecule has 2 aromatic rings. The van der Waals surface area contributed by atoms with Crippen molar-refractivity contribution in [2.45, 2.75) is 12.5 Å². The van der Waals surface area contributed by atoms with Gasteiger partial charge in [-0.25, -0.2) is 8.78 Å². The van der Waals surface area contributed by atoms with Crippen molar-refractivity contribution in [3.05, 3.63) is 59.2 Å². The number of carbonyl (C=O) groups is 1. The standard InChI is InChI=1S/C16H12F2O3/c1-20-10-3-5-15-11(7-10)14(19)8-16(21-15)9-2-4-12(17)13(18)6-9/h2-7,16H,8H2,1H3. The highest BCUT2D eigenvalue weighted by atomic mass is 19.2. The molecule has 0 saturated carbocycles. The molecule has 1 unspecified atom stereocenters. The molecular formula is C16H12F2O3. The first-order valence-corrected chi connectivity index (χ1v) is 6.41. The van der Waals surface area contributed by atoms with Crippen LogP contribution in [0, 0.1) is 11.6 Å². The van der Waals surface area contributed by atoms with E-state index in [1.165, 1.54) is 13.2 Å². The van der Waals surface area contributed by atoms with Crippen molar-refractivity contribution in [3.63, 3.8) is 0 Å². The van der Waals surface area contributed by atoms with Gasteiger partial charge >= 0.3 is 0 Å². The summed E-state index contributed by atoms with van der Waals surface area (Å²) in [6.07, 6.45) is -0.542. The minimum Gasteiger partial charge on any atom is -0.497 e. The van der Waals surface area contributed by atoms with Gasteiger partial charge in [-0.1, -0.05) is 6.07 Å². The maximum atomic E-state index is 13.3. The van der Waals surface area contributed by atoms with Crippen LogP contribution in [0.4, 0.5) is 8.78 Å². The molecule has 1 heterocycles. The fourth-order valence-corrected chi connectivity index (χ4v) is 2.33. The van der Waals surface area contributed by atoms with E-state index in [1.54, 1.807) is 18.2 Å². The molecule has 3 nitrogen and oxygen atoms in total. The van der Waals surface area contributed by atoms with Crippen LogP contribution in [0.2, 0.25) is 0 Å². The average Bonchev–Trinajstić information content (AvgIpc) is 2.49. The van der Waals surface area contributed by atoms with Gasteiger partial charge in [0.05, 0.1) is 19.1 Å². The predicted octanol–water partition coefficient (Wildman–Crippen LogP) is 3.68. The highest BCUT2D eigenvalue weighted by Gasteiger charge is 2.28. The van der Waals surface area contributed by atoms with Crippen molar-refractivity contribution in [2.24, 2.45) is 0 Å². The second-order valence-electron chi connectivity index (χ2n) is 4.77. The number of rotatable bonds is 2. The van der Waals surface area contributed by atoms with Crippen LogP contribution >= 0.6 is 0 Å². The lowest BCUT2D eigenvalue weighted by Crippen LogP contribution is -2.20. The third kappa shape index (κ3) is 2.46. The van der Waals surface area contributed by atoms with Crippen molar-refractivity contribution >= 4 is 5.78 Å². The van der Waals surface area contributed by atoms with Gasteiger partial charge < -0.3 is 9.47 Å². The third-order valence-electron chi connectivity index (χ3n) is 3.44. The fourth-order valence-electron chi connectivity index (χ4n) is 2.33. The average molecular weight is 290 g/mol. The molecule has 21 heavy (non-hydrogen) atoms. The Balaban J connectivity index is 1.94. The molecule has 0 aromatic heterocycles. The van der Waals surface area contributed by atoms with Crippen LogP contribution in [-0.4, -0.2) is 12.9 Å². The zero-order valence-corrected chi connectivity index (χ0v) is 11.2. The Morgan fingerprint density at radius 1 is 1.14 bits per heavy atom. The summed E-state index contributed by atoms with van der Waals surface area (Å²) in [4.78, 5) is 12.2. The molecule has 0 spiro atoms. The topological polar surface area (TPSA) is 35.5 Å². The Morgan fingerprint density at radius 2 is 1.95 bits per heavy atom. The van der Waals surface area contributed by atoms with Gasteiger partial charge in [0.2, 0.25) is 0 Å². The number of ether oxygens (including phenoxy) is 2. The van der Waals surface area contributed by atoms with Crippen LogP contribution in [0.3, 0.4) is 0 Å². The van der Waals surface area contributed by atoms with Crippen molar-refractivity contribution in [1.29, 1.82) is 0 Å². The number of ketones is 1. The van der Waals surface area contributed by atoms with Crippen LogP contribution in [-0.2, 0) is 0 Å². The van der Waals surface area contributed by atoms with Gasteiger partial charge in [0.15, 0.2) is 17.4 Å². The van der Waals surface area contributed by atoms with E-state index in [1.807, 2.05) is 0 Å². The zero-order chi connectivity index (χ0) is 15.0. The van der Waals surface area contributed by atoms with Gasteiger partial charge in [-0.15, -0.1) is 0 Å². The maximum absolute atomic E-state index is 13.3. The summed E-state index contributed by atoms with van der Waals surface area (Å²) < 4.78 is 37.0. The maximum Gasteiger partial charge on any atom is 0.170 e. The molecule has 108 valence electrons. The summed E-state index contributed by atoms with van der Waals surface area (Å²) in [6.45, 7) is 0. The Hall–Kier alpha value is -2.43. The lowest BCUT2D eigenvalue weighted by atomic mass is 9.96. The summed E-state index contributed by atoms with van der Waals surface area (Å²) in [5, 5.41) is 0. The summed E-state index contributed by atoms with van der Waals surface area (Å²) >= 11 is 0. The van der Waals surface area contributed by atoms with Gasteiger partial charge in [0.25, 0.3) is 0 Å². The monoisotopic (exact) mass is 290 g/mol. The summed E-state index contributed by atoms with van der Waals surface area (Å²) in [5.74, 6) is -1.02. The van der Waals surface area contributed by atoms with Gasteiger partial charge in [0.1, 0.15) is 17.6 Å². The van der Waals surface area contributed by atoms with E-state index in [9.17, 15) is 13.6 Å². The zero-order valence-electron chi connectivity index (χ0n) is 11.2. The van der Waals surface area contributed by atoms with Crippen molar-refractivity contribution < 1.29 is 23.0 Å². The van der Waals surface area contributed by atoms with Crippen LogP contribution < -0.4 is 9.47 Å². The van der Waals surface area contributed by atoms with Crippen molar-refractivity contribution in [1.82, 2.24) is 0 Å². The molecule has 0 aliphatic carbocycles. The minimum atomic E-state index is -0.955. The minimum absolute atomic E-state index is 0.0746. The highest BCUT2D eigenvalue weighted by molar-refractivity contribution is 6.00. The normalized spacial score (nSPS) is 17.1. The van der Waals surface area contributed by atoms with Crippen molar-refractivity contribution in [2.75, 3.05) is 7.11 Å². The number of Topliss-reactive ketones (excluding diaryl/α,β-unsaturated/α-hetero) is 1. The Bertz CT molecular complexity index is 713. The lowest BCUT2D eigenvalue weighted by Gasteiger charge is -2.25. The Kier molecular flexibility index (Phi) is 3.33. The molecule has 0 bridgehead atoms. The first-order chi connectivity index (χ1) is 10.1. The molecule has 0 saturated heterocycles. The largest absolute Gasteiger partial charge is 0.497 e. The Labute approximate surface area is 120 Å². The molecule has 3 rings (SSSR count). The summed E-state index contributed by atoms with van der Waals surface area (Å²) in [5.41, 5.74) is 0.872. The van der Waals surface area contributed by atoms with E-state index in [4.69, 9.17) is 9.47 Å². The molecule has 0 amide bonds. The van der Waals surface area contributed by atoms with E-state index in [0.717, 1.165) is 12.1 Å². The van der Waals surface area contributed by atoms with Crippen LogP contribution in [0.25, 0.3) is 0 Å². The molecule has 0 N–H and O–H groups in total. The van der Waals surface area contributed by atoms with Crippen LogP contribution in [0.15, 0.2) is 36.4 Å². The quantitative estimate of drug-likeness (QED) is 0.846. The molecule has 0 fully saturated rings. The Morgan fingerprint density at radius 3 is 2.67 bits per heavy atom. The number of benzene rings is 2. The number of fused-ring (bicyclic) bond motifs is 1. The summed E-state index contributed by atoms with van der Waals surface area (Å²) in [6, 6.07) is 8.44. The van der Waals surface area contributed by atoms with E-state index >= 15 is 0 Å². The first-order valence-electron chi connectivity index (χ1n) is 6.41. The van der Waals surface area contributed by atoms with Gasteiger partial charge in [0, 0.05) is 0 Å². The molecule has 0 radical (unpaired) electrons. The second-order valence-corrected chi connectivity index (χ2v) is 4.77. The second kappa shape index (κ2) is 5.16. The van der Waals surface area contributed by atoms with E-state index in [0.29, 0.717) is 22.6 Å². The number of methoxy groups -OCH3 is 1. The molecule has 5 heteroatoms. The molecule has 2 aromatic carbocycles. The number of halogens is 2.